The summed E-state index contributed by atoms with van der Waals surface area (Å²) in [5.41, 5.74) is 0.506. The highest BCUT2D eigenvalue weighted by atomic mass is 79.9. The van der Waals surface area contributed by atoms with E-state index in [1.165, 1.54) is 0 Å². The standard InChI is InChI=1S/C17H15BrO5/c18-14-9-6-10-13(17(21)23-15(10)14)12(9)16(20)22-7-11(19)8-4-2-1-3-5-8/h1-5,9-10,12-15H,6-7H2/t9-,10-,12-,13+,14-,15+/m1/s1. The van der Waals surface area contributed by atoms with E-state index in [0.717, 1.165) is 6.42 Å². The van der Waals surface area contributed by atoms with E-state index in [0.29, 0.717) is 5.56 Å². The van der Waals surface area contributed by atoms with Crippen molar-refractivity contribution in [3.05, 3.63) is 35.9 Å². The van der Waals surface area contributed by atoms with Crippen molar-refractivity contribution in [1.82, 2.24) is 0 Å². The largest absolute Gasteiger partial charge is 0.461 e. The van der Waals surface area contributed by atoms with Crippen LogP contribution in [0.3, 0.4) is 0 Å². The first-order valence-electron chi connectivity index (χ1n) is 7.67. The Balaban J connectivity index is 1.44. The van der Waals surface area contributed by atoms with Gasteiger partial charge in [-0.25, -0.2) is 0 Å². The summed E-state index contributed by atoms with van der Waals surface area (Å²) in [5.74, 6) is -1.78. The Hall–Kier alpha value is -1.69. The first-order chi connectivity index (χ1) is 11.1. The van der Waals surface area contributed by atoms with Gasteiger partial charge in [0, 0.05) is 11.5 Å². The van der Waals surface area contributed by atoms with Crippen LogP contribution in [0.1, 0.15) is 16.8 Å². The molecule has 1 aliphatic heterocycles. The topological polar surface area (TPSA) is 69.7 Å². The number of carbonyl (C=O) groups excluding carboxylic acids is 3. The molecular weight excluding hydrogens is 364 g/mol. The van der Waals surface area contributed by atoms with Crippen LogP contribution in [0, 0.1) is 23.7 Å². The van der Waals surface area contributed by atoms with Gasteiger partial charge >= 0.3 is 11.9 Å². The summed E-state index contributed by atoms with van der Waals surface area (Å²) >= 11 is 3.55. The van der Waals surface area contributed by atoms with E-state index < -0.39 is 17.8 Å². The molecule has 0 aromatic heterocycles. The lowest BCUT2D eigenvalue weighted by Crippen LogP contribution is -2.39. The maximum Gasteiger partial charge on any atom is 0.310 e. The quantitative estimate of drug-likeness (QED) is 0.455. The number of esters is 2. The Bertz CT molecular complexity index is 673. The van der Waals surface area contributed by atoms with Gasteiger partial charge in [-0.3, -0.25) is 14.4 Å². The molecule has 1 aromatic rings. The van der Waals surface area contributed by atoms with Gasteiger partial charge in [-0.2, -0.15) is 0 Å². The monoisotopic (exact) mass is 378 g/mol. The van der Waals surface area contributed by atoms with Gasteiger partial charge in [0.05, 0.1) is 16.7 Å². The molecule has 23 heavy (non-hydrogen) atoms. The van der Waals surface area contributed by atoms with Crippen molar-refractivity contribution in [3.8, 4) is 0 Å². The first kappa shape index (κ1) is 14.9. The SMILES string of the molecule is O=C(COC(=O)[C@@H]1[C@H]2C[C@H]3[C@H](OC(=O)[C@@H]31)[C@@H]2Br)c1ccccc1. The summed E-state index contributed by atoms with van der Waals surface area (Å²) in [4.78, 5) is 36.5. The minimum atomic E-state index is -0.501. The third-order valence-corrected chi connectivity index (χ3v) is 6.44. The number of rotatable bonds is 4. The number of ketones is 1. The summed E-state index contributed by atoms with van der Waals surface area (Å²) < 4.78 is 10.6. The van der Waals surface area contributed by atoms with Gasteiger partial charge in [-0.1, -0.05) is 46.3 Å². The van der Waals surface area contributed by atoms with Crippen LogP contribution in [0.15, 0.2) is 30.3 Å². The minimum Gasteiger partial charge on any atom is -0.461 e. The molecule has 1 saturated heterocycles. The molecule has 6 heteroatoms. The van der Waals surface area contributed by atoms with Crippen molar-refractivity contribution in [1.29, 1.82) is 0 Å². The molecule has 0 amide bonds. The lowest BCUT2D eigenvalue weighted by molar-refractivity contribution is -0.154. The molecule has 4 rings (SSSR count). The van der Waals surface area contributed by atoms with Crippen molar-refractivity contribution in [2.24, 2.45) is 23.7 Å². The van der Waals surface area contributed by atoms with Crippen molar-refractivity contribution in [3.63, 3.8) is 0 Å². The number of ether oxygens (including phenoxy) is 2. The zero-order chi connectivity index (χ0) is 16.1. The average Bonchev–Trinajstić information content (AvgIpc) is 3.17. The summed E-state index contributed by atoms with van der Waals surface area (Å²) in [6, 6.07) is 8.70. The van der Waals surface area contributed by atoms with Gasteiger partial charge in [-0.05, 0) is 12.3 Å². The predicted octanol–water partition coefficient (Wildman–Crippen LogP) is 1.98. The van der Waals surface area contributed by atoms with E-state index >= 15 is 0 Å². The predicted molar refractivity (Wildman–Crippen MR) is 82.9 cm³/mol. The van der Waals surface area contributed by atoms with E-state index in [-0.39, 0.29) is 41.1 Å². The Morgan fingerprint density at radius 2 is 1.96 bits per heavy atom. The second-order valence-corrected chi connectivity index (χ2v) is 7.42. The number of alkyl halides is 1. The fraction of sp³-hybridized carbons (Fsp3) is 0.471. The molecule has 3 aliphatic rings. The van der Waals surface area contributed by atoms with Gasteiger partial charge in [0.2, 0.25) is 0 Å². The average molecular weight is 379 g/mol. The van der Waals surface area contributed by atoms with Crippen LogP contribution in [0.5, 0.6) is 0 Å². The van der Waals surface area contributed by atoms with Gasteiger partial charge in [-0.15, -0.1) is 0 Å². The number of carbonyl (C=O) groups is 3. The summed E-state index contributed by atoms with van der Waals surface area (Å²) in [7, 11) is 0. The lowest BCUT2D eigenvalue weighted by atomic mass is 9.80. The number of Topliss-reactive ketones (excluding diaryl/α,β-unsaturated/α-hetero) is 1. The van der Waals surface area contributed by atoms with Crippen LogP contribution < -0.4 is 0 Å². The van der Waals surface area contributed by atoms with E-state index in [1.54, 1.807) is 24.3 Å². The van der Waals surface area contributed by atoms with Crippen LogP contribution in [-0.4, -0.2) is 35.3 Å². The maximum atomic E-state index is 12.4. The number of hydrogen-bond donors (Lipinski definition) is 0. The summed E-state index contributed by atoms with van der Waals surface area (Å²) in [6.07, 6.45) is 0.677. The molecule has 0 radical (unpaired) electrons. The number of fused-ring (bicyclic) bond motifs is 1. The zero-order valence-corrected chi connectivity index (χ0v) is 13.8. The molecule has 2 bridgehead atoms. The third kappa shape index (κ3) is 2.23. The fourth-order valence-corrected chi connectivity index (χ4v) is 5.28. The molecule has 0 N–H and O–H groups in total. The van der Waals surface area contributed by atoms with Gasteiger partial charge in [0.25, 0.3) is 0 Å². The first-order valence-corrected chi connectivity index (χ1v) is 8.59. The van der Waals surface area contributed by atoms with Crippen molar-refractivity contribution in [2.45, 2.75) is 17.4 Å². The van der Waals surface area contributed by atoms with Gasteiger partial charge in [0.15, 0.2) is 12.4 Å². The molecule has 3 fully saturated rings. The highest BCUT2D eigenvalue weighted by Crippen LogP contribution is 2.60. The lowest BCUT2D eigenvalue weighted by Gasteiger charge is -2.26. The van der Waals surface area contributed by atoms with Crippen LogP contribution in [0.4, 0.5) is 0 Å². The molecule has 120 valence electrons. The minimum absolute atomic E-state index is 0.00225. The van der Waals surface area contributed by atoms with Crippen LogP contribution in [0.2, 0.25) is 0 Å². The molecule has 0 unspecified atom stereocenters. The summed E-state index contributed by atoms with van der Waals surface area (Å²) in [6.45, 7) is -0.297. The Kier molecular flexibility index (Phi) is 3.52. The normalized spacial score (nSPS) is 36.8. The van der Waals surface area contributed by atoms with Crippen LogP contribution in [0.25, 0.3) is 0 Å². The van der Waals surface area contributed by atoms with Gasteiger partial charge in [0.1, 0.15) is 6.10 Å². The molecule has 2 saturated carbocycles. The smallest absolute Gasteiger partial charge is 0.310 e. The Morgan fingerprint density at radius 1 is 1.22 bits per heavy atom. The fourth-order valence-electron chi connectivity index (χ4n) is 4.23. The van der Waals surface area contributed by atoms with E-state index in [4.69, 9.17) is 9.47 Å². The molecule has 2 aliphatic carbocycles. The Morgan fingerprint density at radius 3 is 2.70 bits per heavy atom. The van der Waals surface area contributed by atoms with E-state index in [1.807, 2.05) is 6.07 Å². The highest BCUT2D eigenvalue weighted by Gasteiger charge is 2.68. The van der Waals surface area contributed by atoms with Crippen LogP contribution >= 0.6 is 15.9 Å². The molecule has 1 aromatic carbocycles. The van der Waals surface area contributed by atoms with Gasteiger partial charge < -0.3 is 9.47 Å². The maximum absolute atomic E-state index is 12.4. The van der Waals surface area contributed by atoms with E-state index in [2.05, 4.69) is 15.9 Å². The van der Waals surface area contributed by atoms with Crippen molar-refractivity contribution < 1.29 is 23.9 Å². The van der Waals surface area contributed by atoms with E-state index in [9.17, 15) is 14.4 Å². The third-order valence-electron chi connectivity index (χ3n) is 5.24. The number of halogens is 1. The molecule has 0 spiro atoms. The Labute approximate surface area is 141 Å². The number of benzene rings is 1. The van der Waals surface area contributed by atoms with Crippen molar-refractivity contribution in [2.75, 3.05) is 6.61 Å². The molecule has 1 heterocycles. The second kappa shape index (κ2) is 5.44. The molecule has 6 atom stereocenters. The zero-order valence-electron chi connectivity index (χ0n) is 12.2. The van der Waals surface area contributed by atoms with Crippen LogP contribution in [-0.2, 0) is 19.1 Å². The molecular formula is C17H15BrO5. The summed E-state index contributed by atoms with van der Waals surface area (Å²) in [5, 5.41) is 0. The molecule has 5 nitrogen and oxygen atoms in total. The van der Waals surface area contributed by atoms with Crippen molar-refractivity contribution >= 4 is 33.7 Å². The second-order valence-electron chi connectivity index (χ2n) is 6.36. The number of hydrogen-bond acceptors (Lipinski definition) is 5. The highest BCUT2D eigenvalue weighted by molar-refractivity contribution is 9.09.